The summed E-state index contributed by atoms with van der Waals surface area (Å²) in [6.07, 6.45) is 0. The van der Waals surface area contributed by atoms with Crippen molar-refractivity contribution in [2.75, 3.05) is 19.9 Å². The summed E-state index contributed by atoms with van der Waals surface area (Å²) in [5.74, 6) is 2.35. The van der Waals surface area contributed by atoms with Crippen molar-refractivity contribution in [1.29, 1.82) is 0 Å². The van der Waals surface area contributed by atoms with Crippen LogP contribution in [-0.4, -0.2) is 37.6 Å². The molecule has 2 heterocycles. The highest BCUT2D eigenvalue weighted by Gasteiger charge is 2.20. The van der Waals surface area contributed by atoms with Crippen LogP contribution in [0.5, 0.6) is 17.2 Å². The molecule has 10 heteroatoms. The molecule has 1 aliphatic rings. The third-order valence-corrected chi connectivity index (χ3v) is 4.68. The molecule has 1 atom stereocenters. The Morgan fingerprint density at radius 2 is 1.97 bits per heavy atom. The van der Waals surface area contributed by atoms with Gasteiger partial charge in [0, 0.05) is 36.2 Å². The average molecular weight is 424 g/mol. The van der Waals surface area contributed by atoms with Gasteiger partial charge >= 0.3 is 6.61 Å². The lowest BCUT2D eigenvalue weighted by atomic mass is 10.00. The summed E-state index contributed by atoms with van der Waals surface area (Å²) >= 11 is 0. The van der Waals surface area contributed by atoms with E-state index in [0.717, 1.165) is 17.0 Å². The monoisotopic (exact) mass is 424 g/mol. The van der Waals surface area contributed by atoms with Crippen molar-refractivity contribution < 1.29 is 27.5 Å². The first-order valence-electron chi connectivity index (χ1n) is 9.71. The molecule has 1 aromatic carbocycles. The third-order valence-electron chi connectivity index (χ3n) is 4.68. The van der Waals surface area contributed by atoms with E-state index in [-0.39, 0.29) is 25.0 Å². The third kappa shape index (κ3) is 5.11. The lowest BCUT2D eigenvalue weighted by molar-refractivity contribution is -0.0505. The second-order valence-corrected chi connectivity index (χ2v) is 6.91. The van der Waals surface area contributed by atoms with Gasteiger partial charge in [-0.25, -0.2) is 4.99 Å². The van der Waals surface area contributed by atoms with E-state index in [2.05, 4.69) is 32.4 Å². The van der Waals surface area contributed by atoms with Crippen LogP contribution in [0.4, 0.5) is 8.78 Å². The van der Waals surface area contributed by atoms with Gasteiger partial charge in [0.15, 0.2) is 17.5 Å². The van der Waals surface area contributed by atoms with Crippen molar-refractivity contribution in [2.45, 2.75) is 46.8 Å². The molecule has 164 valence electrons. The molecule has 0 amide bonds. The zero-order valence-corrected chi connectivity index (χ0v) is 17.4. The number of aromatic nitrogens is 1. The number of hydrogen-bond donors (Lipinski definition) is 2. The van der Waals surface area contributed by atoms with E-state index in [4.69, 9.17) is 14.0 Å². The zero-order chi connectivity index (χ0) is 21.7. The number of ether oxygens (including phenoxy) is 3. The highest BCUT2D eigenvalue weighted by atomic mass is 19.3. The van der Waals surface area contributed by atoms with E-state index >= 15 is 0 Å². The van der Waals surface area contributed by atoms with Crippen LogP contribution in [-0.2, 0) is 6.54 Å². The summed E-state index contributed by atoms with van der Waals surface area (Å²) in [6.45, 7) is 6.25. The number of guanidine groups is 1. The standard InChI is InChI=1S/C20H26F2N4O4/c1-5-23-20(24-8-11(2)18-12(3)26-30-13(18)4)25-9-14-6-16-17(28-10-27-16)7-15(14)29-19(21)22/h6-7,11,19H,5,8-10H2,1-4H3,(H2,23,24,25). The average Bonchev–Trinajstić information content (AvgIpc) is 3.28. The van der Waals surface area contributed by atoms with Gasteiger partial charge in [-0.2, -0.15) is 8.78 Å². The van der Waals surface area contributed by atoms with E-state index in [1.165, 1.54) is 6.07 Å². The molecule has 1 aromatic heterocycles. The second kappa shape index (κ2) is 9.64. The van der Waals surface area contributed by atoms with Crippen LogP contribution in [0, 0.1) is 13.8 Å². The molecule has 0 aliphatic carbocycles. The first-order valence-corrected chi connectivity index (χ1v) is 9.71. The van der Waals surface area contributed by atoms with Crippen molar-refractivity contribution in [2.24, 2.45) is 4.99 Å². The van der Waals surface area contributed by atoms with Crippen molar-refractivity contribution in [1.82, 2.24) is 15.8 Å². The van der Waals surface area contributed by atoms with E-state index < -0.39 is 6.61 Å². The van der Waals surface area contributed by atoms with E-state index in [9.17, 15) is 8.78 Å². The second-order valence-electron chi connectivity index (χ2n) is 6.91. The van der Waals surface area contributed by atoms with Crippen LogP contribution >= 0.6 is 0 Å². The topological polar surface area (TPSA) is 90.1 Å². The molecule has 1 aliphatic heterocycles. The van der Waals surface area contributed by atoms with E-state index in [1.807, 2.05) is 20.8 Å². The Kier molecular flexibility index (Phi) is 6.96. The first-order chi connectivity index (χ1) is 14.4. The van der Waals surface area contributed by atoms with Crippen LogP contribution in [0.1, 0.15) is 42.3 Å². The van der Waals surface area contributed by atoms with Crippen LogP contribution in [0.2, 0.25) is 0 Å². The number of aryl methyl sites for hydroxylation is 2. The maximum absolute atomic E-state index is 12.8. The molecule has 3 rings (SSSR count). The van der Waals surface area contributed by atoms with Crippen molar-refractivity contribution in [3.8, 4) is 17.2 Å². The first kappa shape index (κ1) is 21.7. The predicted octanol–water partition coefficient (Wildman–Crippen LogP) is 3.48. The van der Waals surface area contributed by atoms with Gasteiger partial charge in [-0.15, -0.1) is 0 Å². The highest BCUT2D eigenvalue weighted by Crippen LogP contribution is 2.39. The van der Waals surface area contributed by atoms with Crippen molar-refractivity contribution in [3.05, 3.63) is 34.7 Å². The van der Waals surface area contributed by atoms with Crippen LogP contribution in [0.25, 0.3) is 0 Å². The van der Waals surface area contributed by atoms with Crippen LogP contribution < -0.4 is 24.8 Å². The van der Waals surface area contributed by atoms with Gasteiger partial charge in [0.05, 0.1) is 12.2 Å². The largest absolute Gasteiger partial charge is 0.454 e. The molecular formula is C20H26F2N4O4. The van der Waals surface area contributed by atoms with Crippen LogP contribution in [0.15, 0.2) is 21.6 Å². The minimum atomic E-state index is -2.95. The molecule has 0 saturated heterocycles. The quantitative estimate of drug-likeness (QED) is 0.495. The number of rotatable bonds is 8. The number of nitrogens with one attached hydrogen (secondary N) is 2. The molecular weight excluding hydrogens is 398 g/mol. The van der Waals surface area contributed by atoms with Gasteiger partial charge < -0.3 is 29.4 Å². The maximum atomic E-state index is 12.8. The predicted molar refractivity (Wildman–Crippen MR) is 106 cm³/mol. The summed E-state index contributed by atoms with van der Waals surface area (Å²) in [6, 6.07) is 3.01. The van der Waals surface area contributed by atoms with Gasteiger partial charge in [0.2, 0.25) is 6.79 Å². The fourth-order valence-corrected chi connectivity index (χ4v) is 3.35. The van der Waals surface area contributed by atoms with Crippen molar-refractivity contribution >= 4 is 5.96 Å². The number of alkyl halides is 2. The summed E-state index contributed by atoms with van der Waals surface area (Å²) in [5, 5.41) is 10.4. The lowest BCUT2D eigenvalue weighted by Gasteiger charge is -2.16. The molecule has 0 fully saturated rings. The number of halogens is 2. The maximum Gasteiger partial charge on any atom is 0.387 e. The summed E-state index contributed by atoms with van der Waals surface area (Å²) in [5.41, 5.74) is 2.38. The summed E-state index contributed by atoms with van der Waals surface area (Å²) in [4.78, 5) is 4.51. The smallest absolute Gasteiger partial charge is 0.387 e. The van der Waals surface area contributed by atoms with E-state index in [0.29, 0.717) is 36.1 Å². The molecule has 1 unspecified atom stereocenters. The zero-order valence-electron chi connectivity index (χ0n) is 17.4. The Bertz CT molecular complexity index is 882. The fourth-order valence-electron chi connectivity index (χ4n) is 3.35. The Balaban J connectivity index is 1.73. The van der Waals surface area contributed by atoms with Gasteiger partial charge in [-0.05, 0) is 26.8 Å². The summed E-state index contributed by atoms with van der Waals surface area (Å²) in [7, 11) is 0. The number of hydrogen-bond acceptors (Lipinski definition) is 6. The van der Waals surface area contributed by atoms with Gasteiger partial charge in [0.1, 0.15) is 11.5 Å². The Morgan fingerprint density at radius 1 is 1.23 bits per heavy atom. The lowest BCUT2D eigenvalue weighted by Crippen LogP contribution is -2.39. The SMILES string of the molecule is CCNC(=NCc1cc2c(cc1OC(F)F)OCO2)NCC(C)c1c(C)noc1C. The molecule has 0 saturated carbocycles. The Labute approximate surface area is 173 Å². The van der Waals surface area contributed by atoms with Crippen molar-refractivity contribution in [3.63, 3.8) is 0 Å². The molecule has 0 spiro atoms. The molecule has 0 radical (unpaired) electrons. The van der Waals surface area contributed by atoms with Gasteiger partial charge in [-0.3, -0.25) is 0 Å². The minimum Gasteiger partial charge on any atom is -0.454 e. The molecule has 30 heavy (non-hydrogen) atoms. The minimum absolute atomic E-state index is 0.0120. The molecule has 2 aromatic rings. The Morgan fingerprint density at radius 3 is 2.60 bits per heavy atom. The van der Waals surface area contributed by atoms with Gasteiger partial charge in [-0.1, -0.05) is 12.1 Å². The number of nitrogens with zero attached hydrogens (tertiary/aromatic N) is 2. The molecule has 2 N–H and O–H groups in total. The fraction of sp³-hybridized carbons (Fsp3) is 0.500. The Hall–Kier alpha value is -3.04. The normalized spacial score (nSPS) is 14.2. The van der Waals surface area contributed by atoms with Crippen LogP contribution in [0.3, 0.4) is 0 Å². The van der Waals surface area contributed by atoms with E-state index in [1.54, 1.807) is 6.07 Å². The molecule has 8 nitrogen and oxygen atoms in total. The summed E-state index contributed by atoms with van der Waals surface area (Å²) < 4.78 is 46.1. The number of benzene rings is 1. The number of fused-ring (bicyclic) bond motifs is 1. The number of aliphatic imine (C=N–C) groups is 1. The highest BCUT2D eigenvalue weighted by molar-refractivity contribution is 5.79. The molecule has 0 bridgehead atoms. The van der Waals surface area contributed by atoms with Gasteiger partial charge in [0.25, 0.3) is 0 Å².